The van der Waals surface area contributed by atoms with Gasteiger partial charge in [-0.1, -0.05) is 6.07 Å². The van der Waals surface area contributed by atoms with Crippen molar-refractivity contribution in [3.05, 3.63) is 29.8 Å². The molecule has 19 heavy (non-hydrogen) atoms. The molecule has 0 spiro atoms. The fourth-order valence-electron chi connectivity index (χ4n) is 1.39. The van der Waals surface area contributed by atoms with Crippen LogP contribution in [0.4, 0.5) is 23.7 Å². The zero-order valence-electron chi connectivity index (χ0n) is 10.2. The number of benzene rings is 1. The second-order valence-electron chi connectivity index (χ2n) is 3.68. The summed E-state index contributed by atoms with van der Waals surface area (Å²) in [7, 11) is 0. The van der Waals surface area contributed by atoms with E-state index >= 15 is 0 Å². The monoisotopic (exact) mass is 271 g/mol. The predicted molar refractivity (Wildman–Crippen MR) is 63.3 cm³/mol. The molecule has 0 atom stereocenters. The van der Waals surface area contributed by atoms with Crippen LogP contribution in [0.15, 0.2) is 24.3 Å². The van der Waals surface area contributed by atoms with Crippen molar-refractivity contribution in [3.63, 3.8) is 0 Å². The van der Waals surface area contributed by atoms with Crippen molar-refractivity contribution in [2.45, 2.75) is 13.1 Å². The van der Waals surface area contributed by atoms with Gasteiger partial charge in [0.2, 0.25) is 0 Å². The van der Waals surface area contributed by atoms with Gasteiger partial charge in [-0.25, -0.2) is 4.79 Å². The Labute approximate surface area is 108 Å². The SMILES string of the molecule is CCN(CC#N)C(=O)Nc1cccc(C(F)(F)F)c1. The molecule has 0 saturated carbocycles. The number of hydrogen-bond acceptors (Lipinski definition) is 2. The number of rotatable bonds is 3. The minimum atomic E-state index is -4.46. The van der Waals surface area contributed by atoms with Crippen LogP contribution in [-0.4, -0.2) is 24.0 Å². The summed E-state index contributed by atoms with van der Waals surface area (Å²) < 4.78 is 37.5. The number of alkyl halides is 3. The maximum absolute atomic E-state index is 12.5. The molecule has 1 aromatic rings. The van der Waals surface area contributed by atoms with Crippen LogP contribution in [0.2, 0.25) is 0 Å². The standard InChI is InChI=1S/C12H12F3N3O/c1-2-18(7-6-16)11(19)17-10-5-3-4-9(8-10)12(13,14)15/h3-5,8H,2,7H2,1H3,(H,17,19). The highest BCUT2D eigenvalue weighted by Crippen LogP contribution is 2.30. The third-order valence-corrected chi connectivity index (χ3v) is 2.37. The fraction of sp³-hybridized carbons (Fsp3) is 0.333. The minimum Gasteiger partial charge on any atom is -0.311 e. The maximum Gasteiger partial charge on any atom is 0.416 e. The lowest BCUT2D eigenvalue weighted by molar-refractivity contribution is -0.137. The van der Waals surface area contributed by atoms with E-state index in [1.807, 2.05) is 0 Å². The van der Waals surface area contributed by atoms with E-state index in [1.54, 1.807) is 13.0 Å². The maximum atomic E-state index is 12.5. The zero-order chi connectivity index (χ0) is 14.5. The van der Waals surface area contributed by atoms with E-state index in [1.165, 1.54) is 17.0 Å². The van der Waals surface area contributed by atoms with Gasteiger partial charge in [-0.2, -0.15) is 18.4 Å². The normalized spacial score (nSPS) is 10.7. The van der Waals surface area contributed by atoms with Crippen molar-refractivity contribution in [1.29, 1.82) is 5.26 Å². The number of amides is 2. The van der Waals surface area contributed by atoms with E-state index in [0.29, 0.717) is 6.54 Å². The van der Waals surface area contributed by atoms with Gasteiger partial charge in [-0.05, 0) is 25.1 Å². The van der Waals surface area contributed by atoms with Crippen molar-refractivity contribution in [3.8, 4) is 6.07 Å². The lowest BCUT2D eigenvalue weighted by Gasteiger charge is -2.18. The van der Waals surface area contributed by atoms with Crippen LogP contribution in [0.5, 0.6) is 0 Å². The number of carbonyl (C=O) groups is 1. The molecular weight excluding hydrogens is 259 g/mol. The first-order valence-corrected chi connectivity index (χ1v) is 5.48. The van der Waals surface area contributed by atoms with Crippen LogP contribution in [-0.2, 0) is 6.18 Å². The van der Waals surface area contributed by atoms with E-state index in [9.17, 15) is 18.0 Å². The van der Waals surface area contributed by atoms with E-state index in [2.05, 4.69) is 5.32 Å². The van der Waals surface area contributed by atoms with Crippen LogP contribution in [0, 0.1) is 11.3 Å². The number of nitrogens with zero attached hydrogens (tertiary/aromatic N) is 2. The van der Waals surface area contributed by atoms with Gasteiger partial charge >= 0.3 is 12.2 Å². The number of halogens is 3. The Hall–Kier alpha value is -2.23. The first kappa shape index (κ1) is 14.8. The molecule has 1 N–H and O–H groups in total. The number of carbonyl (C=O) groups excluding carboxylic acids is 1. The summed E-state index contributed by atoms with van der Waals surface area (Å²) >= 11 is 0. The van der Waals surface area contributed by atoms with E-state index in [0.717, 1.165) is 12.1 Å². The molecule has 102 valence electrons. The molecule has 0 heterocycles. The highest BCUT2D eigenvalue weighted by atomic mass is 19.4. The molecule has 0 aliphatic carbocycles. The molecule has 0 saturated heterocycles. The quantitative estimate of drug-likeness (QED) is 0.859. The third kappa shape index (κ3) is 4.17. The molecule has 0 aromatic heterocycles. The van der Waals surface area contributed by atoms with Gasteiger partial charge in [0.25, 0.3) is 0 Å². The van der Waals surface area contributed by atoms with Crippen molar-refractivity contribution in [2.75, 3.05) is 18.4 Å². The third-order valence-electron chi connectivity index (χ3n) is 2.37. The van der Waals surface area contributed by atoms with Gasteiger partial charge in [0, 0.05) is 12.2 Å². The highest BCUT2D eigenvalue weighted by Gasteiger charge is 2.30. The molecule has 0 radical (unpaired) electrons. The second-order valence-corrected chi connectivity index (χ2v) is 3.68. The largest absolute Gasteiger partial charge is 0.416 e. The molecule has 0 aliphatic heterocycles. The topological polar surface area (TPSA) is 56.1 Å². The van der Waals surface area contributed by atoms with Crippen LogP contribution in [0.1, 0.15) is 12.5 Å². The van der Waals surface area contributed by atoms with Gasteiger partial charge < -0.3 is 10.2 Å². The average Bonchev–Trinajstić information content (AvgIpc) is 2.35. The molecule has 4 nitrogen and oxygen atoms in total. The van der Waals surface area contributed by atoms with Gasteiger partial charge in [0.15, 0.2) is 0 Å². The van der Waals surface area contributed by atoms with Crippen molar-refractivity contribution in [1.82, 2.24) is 4.90 Å². The Morgan fingerprint density at radius 2 is 2.16 bits per heavy atom. The molecule has 2 amide bonds. The number of nitriles is 1. The summed E-state index contributed by atoms with van der Waals surface area (Å²) in [4.78, 5) is 12.9. The molecule has 1 aromatic carbocycles. The second kappa shape index (κ2) is 6.09. The Kier molecular flexibility index (Phi) is 4.75. The van der Waals surface area contributed by atoms with Crippen molar-refractivity contribution in [2.24, 2.45) is 0 Å². The molecule has 7 heteroatoms. The van der Waals surface area contributed by atoms with E-state index in [-0.39, 0.29) is 12.2 Å². The summed E-state index contributed by atoms with van der Waals surface area (Å²) in [5, 5.41) is 10.8. The predicted octanol–water partition coefficient (Wildman–Crippen LogP) is 3.08. The van der Waals surface area contributed by atoms with Crippen molar-refractivity contribution >= 4 is 11.7 Å². The van der Waals surface area contributed by atoms with Gasteiger partial charge in [0.1, 0.15) is 6.54 Å². The van der Waals surface area contributed by atoms with Gasteiger partial charge in [-0.15, -0.1) is 0 Å². The van der Waals surface area contributed by atoms with Gasteiger partial charge in [0.05, 0.1) is 11.6 Å². The molecule has 1 rings (SSSR count). The Bertz CT molecular complexity index is 494. The number of anilines is 1. The minimum absolute atomic E-state index is 0.0382. The Morgan fingerprint density at radius 3 is 2.68 bits per heavy atom. The first-order valence-electron chi connectivity index (χ1n) is 5.48. The zero-order valence-corrected chi connectivity index (χ0v) is 10.2. The Morgan fingerprint density at radius 1 is 1.47 bits per heavy atom. The van der Waals surface area contributed by atoms with Crippen LogP contribution in [0.25, 0.3) is 0 Å². The van der Waals surface area contributed by atoms with Crippen LogP contribution >= 0.6 is 0 Å². The number of hydrogen-bond donors (Lipinski definition) is 1. The molecule has 0 aliphatic rings. The Balaban J connectivity index is 2.83. The smallest absolute Gasteiger partial charge is 0.311 e. The average molecular weight is 271 g/mol. The summed E-state index contributed by atoms with van der Waals surface area (Å²) in [6.07, 6.45) is -4.46. The molecule has 0 unspecified atom stereocenters. The highest BCUT2D eigenvalue weighted by molar-refractivity contribution is 5.89. The summed E-state index contributed by atoms with van der Waals surface area (Å²) in [5.41, 5.74) is -0.801. The van der Waals surface area contributed by atoms with Crippen molar-refractivity contribution < 1.29 is 18.0 Å². The van der Waals surface area contributed by atoms with E-state index < -0.39 is 17.8 Å². The number of urea groups is 1. The fourth-order valence-corrected chi connectivity index (χ4v) is 1.39. The van der Waals surface area contributed by atoms with Gasteiger partial charge in [-0.3, -0.25) is 0 Å². The summed E-state index contributed by atoms with van der Waals surface area (Å²) in [6.45, 7) is 1.84. The lowest BCUT2D eigenvalue weighted by Crippen LogP contribution is -2.35. The molecular formula is C12H12F3N3O. The van der Waals surface area contributed by atoms with Crippen LogP contribution < -0.4 is 5.32 Å². The summed E-state index contributed by atoms with van der Waals surface area (Å²) in [6, 6.07) is 5.52. The van der Waals surface area contributed by atoms with Crippen LogP contribution in [0.3, 0.4) is 0 Å². The first-order chi connectivity index (χ1) is 8.88. The number of nitrogens with one attached hydrogen (secondary N) is 1. The lowest BCUT2D eigenvalue weighted by atomic mass is 10.2. The van der Waals surface area contributed by atoms with E-state index in [4.69, 9.17) is 5.26 Å². The molecule has 0 fully saturated rings. The summed E-state index contributed by atoms with van der Waals surface area (Å²) in [5.74, 6) is 0. The molecule has 0 bridgehead atoms.